The van der Waals surface area contributed by atoms with E-state index in [4.69, 9.17) is 4.74 Å². The van der Waals surface area contributed by atoms with Crippen LogP contribution in [0.15, 0.2) is 36.4 Å². The molecule has 7 heteroatoms. The quantitative estimate of drug-likeness (QED) is 0.723. The third-order valence-electron chi connectivity index (χ3n) is 4.92. The van der Waals surface area contributed by atoms with Crippen molar-refractivity contribution in [1.29, 1.82) is 0 Å². The van der Waals surface area contributed by atoms with E-state index in [1.54, 1.807) is 18.2 Å². The van der Waals surface area contributed by atoms with Gasteiger partial charge in [0.05, 0.1) is 0 Å². The van der Waals surface area contributed by atoms with Gasteiger partial charge in [0, 0.05) is 36.8 Å². The monoisotopic (exact) mass is 430 g/mol. The van der Waals surface area contributed by atoms with Crippen LogP contribution in [0, 0.1) is 17.0 Å². The lowest BCUT2D eigenvalue weighted by molar-refractivity contribution is -0.139. The van der Waals surface area contributed by atoms with Gasteiger partial charge < -0.3 is 15.0 Å². The predicted octanol–water partition coefficient (Wildman–Crippen LogP) is 5.04. The van der Waals surface area contributed by atoms with E-state index in [1.807, 2.05) is 27.7 Å². The van der Waals surface area contributed by atoms with E-state index in [0.717, 1.165) is 11.6 Å². The van der Waals surface area contributed by atoms with E-state index in [-0.39, 0.29) is 30.3 Å². The van der Waals surface area contributed by atoms with Gasteiger partial charge in [0.15, 0.2) is 6.10 Å². The predicted molar refractivity (Wildman–Crippen MR) is 114 cm³/mol. The molecule has 1 aliphatic rings. The van der Waals surface area contributed by atoms with E-state index in [1.165, 1.54) is 17.0 Å². The fourth-order valence-corrected chi connectivity index (χ4v) is 3.59. The van der Waals surface area contributed by atoms with Crippen LogP contribution in [0.25, 0.3) is 0 Å². The van der Waals surface area contributed by atoms with Gasteiger partial charge in [0.1, 0.15) is 17.4 Å². The number of benzene rings is 2. The van der Waals surface area contributed by atoms with Gasteiger partial charge >= 0.3 is 0 Å². The number of anilines is 1. The van der Waals surface area contributed by atoms with Crippen LogP contribution >= 0.6 is 0 Å². The number of amides is 2. The van der Waals surface area contributed by atoms with Crippen LogP contribution < -0.4 is 10.1 Å². The molecule has 0 saturated carbocycles. The number of halogens is 2. The van der Waals surface area contributed by atoms with Crippen molar-refractivity contribution in [3.63, 3.8) is 0 Å². The maximum atomic E-state index is 13.6. The summed E-state index contributed by atoms with van der Waals surface area (Å²) >= 11 is 0. The lowest BCUT2D eigenvalue weighted by Crippen LogP contribution is -2.38. The highest BCUT2D eigenvalue weighted by Crippen LogP contribution is 2.31. The zero-order valence-corrected chi connectivity index (χ0v) is 18.3. The molecular weight excluding hydrogens is 402 g/mol. The molecule has 166 valence electrons. The standard InChI is InChI=1S/C24H28F2N2O3/c1-5-20-23(30)28(13-15-8-17(25)11-18(26)9-15)14-16-10-19(6-7-21(16)31-20)27-22(29)12-24(2,3)4/h6-11,20H,5,12-14H2,1-4H3,(H,27,29)/t20-/m0/s1. The highest BCUT2D eigenvalue weighted by atomic mass is 19.1. The van der Waals surface area contributed by atoms with Crippen LogP contribution in [0.4, 0.5) is 14.5 Å². The first kappa shape index (κ1) is 22.7. The van der Waals surface area contributed by atoms with Crippen molar-refractivity contribution in [3.05, 3.63) is 59.2 Å². The Balaban J connectivity index is 1.86. The maximum Gasteiger partial charge on any atom is 0.264 e. The summed E-state index contributed by atoms with van der Waals surface area (Å²) in [7, 11) is 0. The van der Waals surface area contributed by atoms with Crippen LogP contribution in [0.3, 0.4) is 0 Å². The first-order valence-electron chi connectivity index (χ1n) is 10.4. The molecule has 0 aliphatic carbocycles. The zero-order chi connectivity index (χ0) is 22.8. The molecule has 0 aromatic heterocycles. The van der Waals surface area contributed by atoms with Crippen molar-refractivity contribution in [2.75, 3.05) is 5.32 Å². The Morgan fingerprint density at radius 3 is 2.45 bits per heavy atom. The maximum absolute atomic E-state index is 13.6. The molecule has 5 nitrogen and oxygen atoms in total. The molecule has 2 aromatic rings. The highest BCUT2D eigenvalue weighted by molar-refractivity contribution is 5.91. The van der Waals surface area contributed by atoms with Gasteiger partial charge in [0.2, 0.25) is 5.91 Å². The highest BCUT2D eigenvalue weighted by Gasteiger charge is 2.30. The molecule has 0 fully saturated rings. The molecule has 1 aliphatic heterocycles. The molecular formula is C24H28F2N2O3. The van der Waals surface area contributed by atoms with Crippen LogP contribution in [-0.2, 0) is 22.7 Å². The average Bonchev–Trinajstić information content (AvgIpc) is 2.76. The Morgan fingerprint density at radius 1 is 1.16 bits per heavy atom. The van der Waals surface area contributed by atoms with Gasteiger partial charge in [-0.05, 0) is 47.7 Å². The summed E-state index contributed by atoms with van der Waals surface area (Å²) in [5.41, 5.74) is 1.54. The minimum atomic E-state index is -0.694. The lowest BCUT2D eigenvalue weighted by Gasteiger charge is -2.23. The van der Waals surface area contributed by atoms with Gasteiger partial charge in [-0.15, -0.1) is 0 Å². The molecule has 2 amide bonds. The minimum absolute atomic E-state index is 0.0490. The van der Waals surface area contributed by atoms with Gasteiger partial charge in [-0.1, -0.05) is 27.7 Å². The SMILES string of the molecule is CC[C@@H]1Oc2ccc(NC(=O)CC(C)(C)C)cc2CN(Cc2cc(F)cc(F)c2)C1=O. The molecule has 0 unspecified atom stereocenters. The first-order valence-corrected chi connectivity index (χ1v) is 10.4. The second kappa shape index (κ2) is 9.04. The smallest absolute Gasteiger partial charge is 0.264 e. The summed E-state index contributed by atoms with van der Waals surface area (Å²) in [4.78, 5) is 26.8. The molecule has 31 heavy (non-hydrogen) atoms. The Labute approximate surface area is 181 Å². The van der Waals surface area contributed by atoms with Gasteiger partial charge in [-0.3, -0.25) is 9.59 Å². The second-order valence-electron chi connectivity index (χ2n) is 9.09. The number of fused-ring (bicyclic) bond motifs is 1. The van der Waals surface area contributed by atoms with Crippen LogP contribution in [0.5, 0.6) is 5.75 Å². The van der Waals surface area contributed by atoms with Crippen molar-refractivity contribution in [3.8, 4) is 5.75 Å². The molecule has 1 atom stereocenters. The fraction of sp³-hybridized carbons (Fsp3) is 0.417. The number of carbonyl (C=O) groups excluding carboxylic acids is 2. The normalized spacial score (nSPS) is 16.4. The number of ether oxygens (including phenoxy) is 1. The van der Waals surface area contributed by atoms with E-state index in [0.29, 0.717) is 29.8 Å². The average molecular weight is 430 g/mol. The van der Waals surface area contributed by atoms with Crippen LogP contribution in [0.1, 0.15) is 51.7 Å². The fourth-order valence-electron chi connectivity index (χ4n) is 3.59. The number of hydrogen-bond donors (Lipinski definition) is 1. The van der Waals surface area contributed by atoms with Crippen molar-refractivity contribution in [2.24, 2.45) is 5.41 Å². The van der Waals surface area contributed by atoms with Gasteiger partial charge in [-0.25, -0.2) is 8.78 Å². The van der Waals surface area contributed by atoms with Crippen molar-refractivity contribution < 1.29 is 23.1 Å². The van der Waals surface area contributed by atoms with Crippen LogP contribution in [0.2, 0.25) is 0 Å². The zero-order valence-electron chi connectivity index (χ0n) is 18.3. The van der Waals surface area contributed by atoms with Crippen LogP contribution in [-0.4, -0.2) is 22.8 Å². The Bertz CT molecular complexity index is 965. The van der Waals surface area contributed by atoms with Gasteiger partial charge in [-0.2, -0.15) is 0 Å². The lowest BCUT2D eigenvalue weighted by atomic mass is 9.92. The third-order valence-corrected chi connectivity index (χ3v) is 4.92. The Kier molecular flexibility index (Phi) is 6.62. The molecule has 2 aromatic carbocycles. The summed E-state index contributed by atoms with van der Waals surface area (Å²) in [6, 6.07) is 8.49. The summed E-state index contributed by atoms with van der Waals surface area (Å²) in [6.45, 7) is 8.05. The molecule has 1 N–H and O–H groups in total. The number of hydrogen-bond acceptors (Lipinski definition) is 3. The number of nitrogens with zero attached hydrogens (tertiary/aromatic N) is 1. The molecule has 0 bridgehead atoms. The van der Waals surface area contributed by atoms with E-state index in [9.17, 15) is 18.4 Å². The largest absolute Gasteiger partial charge is 0.480 e. The summed E-state index contributed by atoms with van der Waals surface area (Å²) < 4.78 is 33.2. The minimum Gasteiger partial charge on any atom is -0.480 e. The van der Waals surface area contributed by atoms with E-state index < -0.39 is 17.7 Å². The van der Waals surface area contributed by atoms with Crippen molar-refractivity contribution >= 4 is 17.5 Å². The first-order chi connectivity index (χ1) is 14.5. The number of rotatable bonds is 5. The topological polar surface area (TPSA) is 58.6 Å². The summed E-state index contributed by atoms with van der Waals surface area (Å²) in [5, 5.41) is 2.89. The molecule has 3 rings (SSSR count). The van der Waals surface area contributed by atoms with Crippen molar-refractivity contribution in [1.82, 2.24) is 4.90 Å². The second-order valence-corrected chi connectivity index (χ2v) is 9.09. The van der Waals surface area contributed by atoms with Crippen molar-refractivity contribution in [2.45, 2.75) is 59.7 Å². The van der Waals surface area contributed by atoms with E-state index in [2.05, 4.69) is 5.32 Å². The summed E-state index contributed by atoms with van der Waals surface area (Å²) in [5.74, 6) is -1.17. The number of nitrogens with one attached hydrogen (secondary N) is 1. The molecule has 0 spiro atoms. The molecule has 1 heterocycles. The van der Waals surface area contributed by atoms with Gasteiger partial charge in [0.25, 0.3) is 5.91 Å². The van der Waals surface area contributed by atoms with E-state index >= 15 is 0 Å². The molecule has 0 radical (unpaired) electrons. The summed E-state index contributed by atoms with van der Waals surface area (Å²) in [6.07, 6.45) is 0.130. The third kappa shape index (κ3) is 6.03. The molecule has 0 saturated heterocycles. The number of carbonyl (C=O) groups is 2. The Morgan fingerprint density at radius 2 is 1.84 bits per heavy atom. The Hall–Kier alpha value is -2.96.